The Hall–Kier alpha value is -1.00. The molecule has 1 fully saturated rings. The number of aliphatic hydroxyl groups is 1. The number of rotatable bonds is 3. The molecule has 0 bridgehead atoms. The molecule has 1 heterocycles. The second kappa shape index (κ2) is 3.00. The fraction of sp³-hybridized carbons (Fsp3) is 0.444. The van der Waals surface area contributed by atoms with E-state index in [9.17, 15) is 9.90 Å². The molecule has 1 aliphatic rings. The molecule has 5 heteroatoms. The number of halogens is 1. The van der Waals surface area contributed by atoms with Crippen LogP contribution in [0.1, 0.15) is 18.6 Å². The Labute approximate surface area is 85.1 Å². The van der Waals surface area contributed by atoms with Crippen molar-refractivity contribution < 1.29 is 19.4 Å². The van der Waals surface area contributed by atoms with E-state index in [0.29, 0.717) is 18.6 Å². The molecule has 2 rings (SSSR count). The van der Waals surface area contributed by atoms with Gasteiger partial charge in [-0.25, -0.2) is 4.79 Å². The first-order chi connectivity index (χ1) is 6.56. The lowest BCUT2D eigenvalue weighted by molar-refractivity contribution is -0.148. The molecule has 1 aromatic rings. The van der Waals surface area contributed by atoms with Gasteiger partial charge in [-0.15, -0.1) is 0 Å². The maximum atomic E-state index is 10.6. The Kier molecular flexibility index (Phi) is 2.05. The molecular formula is C9H9ClO4. The van der Waals surface area contributed by atoms with Gasteiger partial charge < -0.3 is 14.6 Å². The van der Waals surface area contributed by atoms with E-state index < -0.39 is 17.5 Å². The van der Waals surface area contributed by atoms with Crippen molar-refractivity contribution >= 4 is 17.6 Å². The Bertz CT molecular complexity index is 367. The molecule has 0 saturated heterocycles. The van der Waals surface area contributed by atoms with E-state index in [1.54, 1.807) is 12.1 Å². The molecule has 0 spiro atoms. The highest BCUT2D eigenvalue weighted by atomic mass is 35.5. The predicted octanol–water partition coefficient (Wildman–Crippen LogP) is 1.41. The second-order valence-electron chi connectivity index (χ2n) is 3.50. The fourth-order valence-electron chi connectivity index (χ4n) is 1.61. The van der Waals surface area contributed by atoms with Gasteiger partial charge >= 0.3 is 5.97 Å². The first kappa shape index (κ1) is 9.55. The molecule has 1 aromatic heterocycles. The summed E-state index contributed by atoms with van der Waals surface area (Å²) in [6.45, 7) is 0. The van der Waals surface area contributed by atoms with Gasteiger partial charge in [0, 0.05) is 0 Å². The molecule has 14 heavy (non-hydrogen) atoms. The van der Waals surface area contributed by atoms with Crippen LogP contribution in [-0.2, 0) is 10.2 Å². The molecule has 1 aliphatic carbocycles. The summed E-state index contributed by atoms with van der Waals surface area (Å²) in [6, 6.07) is 3.16. The molecule has 1 unspecified atom stereocenters. The minimum atomic E-state index is -1.41. The predicted molar refractivity (Wildman–Crippen MR) is 48.3 cm³/mol. The van der Waals surface area contributed by atoms with Crippen LogP contribution in [0.2, 0.25) is 5.22 Å². The molecule has 0 radical (unpaired) electrons. The largest absolute Gasteiger partial charge is 0.479 e. The van der Waals surface area contributed by atoms with Gasteiger partial charge in [0.15, 0.2) is 11.3 Å². The van der Waals surface area contributed by atoms with Crippen molar-refractivity contribution in [2.45, 2.75) is 24.4 Å². The quantitative estimate of drug-likeness (QED) is 0.802. The zero-order chi connectivity index (χ0) is 10.3. The first-order valence-electron chi connectivity index (χ1n) is 4.23. The van der Waals surface area contributed by atoms with E-state index in [-0.39, 0.29) is 5.22 Å². The number of carboxylic acid groups (broad SMARTS) is 1. The highest BCUT2D eigenvalue weighted by molar-refractivity contribution is 6.28. The molecule has 0 aliphatic heterocycles. The van der Waals surface area contributed by atoms with E-state index in [0.717, 1.165) is 0 Å². The SMILES string of the molecule is O=C(O)C(O)C1(c2ccc(Cl)o2)CC1. The molecule has 2 N–H and O–H groups in total. The lowest BCUT2D eigenvalue weighted by Gasteiger charge is -2.15. The number of furan rings is 1. The number of hydrogen-bond donors (Lipinski definition) is 2. The van der Waals surface area contributed by atoms with Crippen LogP contribution in [0, 0.1) is 0 Å². The number of carbonyl (C=O) groups is 1. The van der Waals surface area contributed by atoms with E-state index >= 15 is 0 Å². The molecule has 0 amide bonds. The highest BCUT2D eigenvalue weighted by Gasteiger charge is 2.56. The van der Waals surface area contributed by atoms with Crippen molar-refractivity contribution in [1.29, 1.82) is 0 Å². The van der Waals surface area contributed by atoms with Crippen molar-refractivity contribution in [3.63, 3.8) is 0 Å². The molecule has 1 atom stereocenters. The van der Waals surface area contributed by atoms with E-state index in [1.165, 1.54) is 0 Å². The molecule has 0 aromatic carbocycles. The monoisotopic (exact) mass is 216 g/mol. The molecule has 1 saturated carbocycles. The minimum Gasteiger partial charge on any atom is -0.479 e. The van der Waals surface area contributed by atoms with Crippen molar-refractivity contribution in [2.75, 3.05) is 0 Å². The first-order valence-corrected chi connectivity index (χ1v) is 4.61. The third-order valence-corrected chi connectivity index (χ3v) is 2.81. The van der Waals surface area contributed by atoms with Crippen LogP contribution in [-0.4, -0.2) is 22.3 Å². The number of aliphatic hydroxyl groups excluding tert-OH is 1. The summed E-state index contributed by atoms with van der Waals surface area (Å²) in [4.78, 5) is 10.6. The summed E-state index contributed by atoms with van der Waals surface area (Å²) in [5.74, 6) is -0.771. The Morgan fingerprint density at radius 3 is 2.57 bits per heavy atom. The smallest absolute Gasteiger partial charge is 0.333 e. The number of hydrogen-bond acceptors (Lipinski definition) is 3. The third kappa shape index (κ3) is 1.31. The van der Waals surface area contributed by atoms with Crippen molar-refractivity contribution in [3.05, 3.63) is 23.1 Å². The topological polar surface area (TPSA) is 70.7 Å². The van der Waals surface area contributed by atoms with Crippen LogP contribution in [0.15, 0.2) is 16.5 Å². The van der Waals surface area contributed by atoms with Gasteiger partial charge in [0.05, 0.1) is 5.41 Å². The fourth-order valence-corrected chi connectivity index (χ4v) is 1.75. The van der Waals surface area contributed by atoms with Gasteiger partial charge in [-0.3, -0.25) is 0 Å². The lowest BCUT2D eigenvalue weighted by atomic mass is 9.96. The van der Waals surface area contributed by atoms with Gasteiger partial charge in [-0.05, 0) is 36.6 Å². The molecule has 76 valence electrons. The van der Waals surface area contributed by atoms with Crippen LogP contribution in [0.4, 0.5) is 0 Å². The van der Waals surface area contributed by atoms with Crippen molar-refractivity contribution in [3.8, 4) is 0 Å². The van der Waals surface area contributed by atoms with Gasteiger partial charge in [0.2, 0.25) is 0 Å². The van der Waals surface area contributed by atoms with E-state index in [2.05, 4.69) is 0 Å². The highest BCUT2D eigenvalue weighted by Crippen LogP contribution is 2.51. The van der Waals surface area contributed by atoms with Crippen molar-refractivity contribution in [1.82, 2.24) is 0 Å². The van der Waals surface area contributed by atoms with E-state index in [1.807, 2.05) is 0 Å². The van der Waals surface area contributed by atoms with Gasteiger partial charge in [-0.1, -0.05) is 0 Å². The standard InChI is InChI=1S/C9H9ClO4/c10-6-2-1-5(14-6)9(3-4-9)7(11)8(12)13/h1-2,7,11H,3-4H2,(H,12,13). The lowest BCUT2D eigenvalue weighted by Crippen LogP contribution is -2.33. The Morgan fingerprint density at radius 2 is 2.21 bits per heavy atom. The summed E-state index contributed by atoms with van der Waals surface area (Å²) < 4.78 is 5.12. The van der Waals surface area contributed by atoms with Crippen LogP contribution in [0.3, 0.4) is 0 Å². The number of carboxylic acids is 1. The summed E-state index contributed by atoms with van der Waals surface area (Å²) in [6.07, 6.45) is -0.182. The average molecular weight is 217 g/mol. The molecular weight excluding hydrogens is 208 g/mol. The van der Waals surface area contributed by atoms with Gasteiger partial charge in [0.1, 0.15) is 5.76 Å². The van der Waals surface area contributed by atoms with Gasteiger partial charge in [-0.2, -0.15) is 0 Å². The average Bonchev–Trinajstić information content (AvgIpc) is 2.83. The van der Waals surface area contributed by atoms with Crippen LogP contribution in [0.5, 0.6) is 0 Å². The molecule has 4 nitrogen and oxygen atoms in total. The summed E-state index contributed by atoms with van der Waals surface area (Å²) in [7, 11) is 0. The Morgan fingerprint density at radius 1 is 1.57 bits per heavy atom. The van der Waals surface area contributed by atoms with Gasteiger partial charge in [0.25, 0.3) is 0 Å². The third-order valence-electron chi connectivity index (χ3n) is 2.61. The Balaban J connectivity index is 2.29. The zero-order valence-corrected chi connectivity index (χ0v) is 7.99. The normalized spacial score (nSPS) is 20.4. The van der Waals surface area contributed by atoms with Crippen LogP contribution < -0.4 is 0 Å². The van der Waals surface area contributed by atoms with Crippen LogP contribution in [0.25, 0.3) is 0 Å². The van der Waals surface area contributed by atoms with E-state index in [4.69, 9.17) is 21.1 Å². The van der Waals surface area contributed by atoms with Crippen LogP contribution >= 0.6 is 11.6 Å². The summed E-state index contributed by atoms with van der Waals surface area (Å²) >= 11 is 5.58. The minimum absolute atomic E-state index is 0.212. The maximum absolute atomic E-state index is 10.6. The summed E-state index contributed by atoms with van der Waals surface area (Å²) in [5.41, 5.74) is -0.751. The summed E-state index contributed by atoms with van der Waals surface area (Å²) in [5, 5.41) is 18.4. The van der Waals surface area contributed by atoms with Crippen molar-refractivity contribution in [2.24, 2.45) is 0 Å². The zero-order valence-electron chi connectivity index (χ0n) is 7.24. The second-order valence-corrected chi connectivity index (χ2v) is 3.87. The number of aliphatic carboxylic acids is 1. The maximum Gasteiger partial charge on any atom is 0.333 e.